The summed E-state index contributed by atoms with van der Waals surface area (Å²) < 4.78 is 5.00. The summed E-state index contributed by atoms with van der Waals surface area (Å²) in [5.74, 6) is 0.451. The van der Waals surface area contributed by atoms with Crippen molar-refractivity contribution in [1.29, 1.82) is 0 Å². The molecule has 0 aliphatic carbocycles. The van der Waals surface area contributed by atoms with E-state index in [1.165, 1.54) is 13.2 Å². The first-order chi connectivity index (χ1) is 6.69. The minimum Gasteiger partial charge on any atom is -0.494 e. The number of ether oxygens (including phenoxy) is 1. The van der Waals surface area contributed by atoms with Gasteiger partial charge in [-0.05, 0) is 24.6 Å². The highest BCUT2D eigenvalue weighted by molar-refractivity contribution is 5.58. The van der Waals surface area contributed by atoms with Crippen LogP contribution >= 0.6 is 0 Å². The molecule has 1 aromatic carbocycles. The molecule has 0 amide bonds. The summed E-state index contributed by atoms with van der Waals surface area (Å²) in [4.78, 5) is 13.5. The zero-order chi connectivity index (χ0) is 10.6. The summed E-state index contributed by atoms with van der Waals surface area (Å²) in [6.07, 6.45) is 0.869. The topological polar surface area (TPSA) is 58.9 Å². The molecule has 1 aromatic rings. The molecule has 0 bridgehead atoms. The number of benzene rings is 1. The Morgan fingerprint density at radius 1 is 1.57 bits per heavy atom. The Bertz CT molecular complexity index is 368. The van der Waals surface area contributed by atoms with Gasteiger partial charge in [0.2, 0.25) is 6.08 Å². The smallest absolute Gasteiger partial charge is 0.240 e. The van der Waals surface area contributed by atoms with E-state index in [1.807, 2.05) is 0 Å². The fourth-order valence-corrected chi connectivity index (χ4v) is 1.10. The number of hydrogen-bond acceptors (Lipinski definition) is 4. The zero-order valence-electron chi connectivity index (χ0n) is 8.02. The molecule has 74 valence electrons. The summed E-state index contributed by atoms with van der Waals surface area (Å²) in [5, 5.41) is 9.30. The molecule has 1 unspecified atom stereocenters. The van der Waals surface area contributed by atoms with Crippen molar-refractivity contribution in [3.8, 4) is 5.75 Å². The average Bonchev–Trinajstić information content (AvgIpc) is 2.18. The van der Waals surface area contributed by atoms with Crippen LogP contribution in [0, 0.1) is 0 Å². The first kappa shape index (κ1) is 10.4. The van der Waals surface area contributed by atoms with Gasteiger partial charge < -0.3 is 9.84 Å². The predicted molar refractivity (Wildman–Crippen MR) is 51.4 cm³/mol. The highest BCUT2D eigenvalue weighted by Gasteiger charge is 2.06. The second kappa shape index (κ2) is 4.56. The van der Waals surface area contributed by atoms with Crippen LogP contribution in [0.5, 0.6) is 5.75 Å². The highest BCUT2D eigenvalue weighted by Crippen LogP contribution is 2.29. The summed E-state index contributed by atoms with van der Waals surface area (Å²) >= 11 is 0. The number of isocyanates is 1. The van der Waals surface area contributed by atoms with Gasteiger partial charge in [-0.25, -0.2) is 4.79 Å². The van der Waals surface area contributed by atoms with E-state index < -0.39 is 6.10 Å². The molecule has 0 spiro atoms. The predicted octanol–water partition coefficient (Wildman–Crippen LogP) is 1.72. The third-order valence-corrected chi connectivity index (χ3v) is 1.85. The normalized spacial score (nSPS) is 11.6. The van der Waals surface area contributed by atoms with Crippen molar-refractivity contribution in [2.24, 2.45) is 4.99 Å². The molecule has 14 heavy (non-hydrogen) atoms. The van der Waals surface area contributed by atoms with Gasteiger partial charge in [-0.1, -0.05) is 6.07 Å². The Kier molecular flexibility index (Phi) is 3.40. The lowest BCUT2D eigenvalue weighted by atomic mass is 10.1. The third-order valence-electron chi connectivity index (χ3n) is 1.85. The molecule has 0 aromatic heterocycles. The fraction of sp³-hybridized carbons (Fsp3) is 0.300. The molecular formula is C10H11NO3. The van der Waals surface area contributed by atoms with Crippen LogP contribution in [0.25, 0.3) is 0 Å². The van der Waals surface area contributed by atoms with Gasteiger partial charge in [-0.15, -0.1) is 0 Å². The molecule has 0 heterocycles. The van der Waals surface area contributed by atoms with Gasteiger partial charge in [0.05, 0.1) is 13.2 Å². The van der Waals surface area contributed by atoms with Crippen LogP contribution < -0.4 is 4.74 Å². The van der Waals surface area contributed by atoms with Gasteiger partial charge in [0, 0.05) is 0 Å². The standard InChI is InChI=1S/C10H11NO3/c1-7(13)8-3-4-9(11-6-12)10(5-8)14-2/h3-5,7,13H,1-2H3. The molecule has 1 N–H and O–H groups in total. The Hall–Kier alpha value is -1.64. The molecule has 0 saturated carbocycles. The molecule has 0 fully saturated rings. The molecule has 0 aliphatic heterocycles. The van der Waals surface area contributed by atoms with Gasteiger partial charge in [0.25, 0.3) is 0 Å². The summed E-state index contributed by atoms with van der Waals surface area (Å²) in [7, 11) is 1.48. The van der Waals surface area contributed by atoms with E-state index >= 15 is 0 Å². The summed E-state index contributed by atoms with van der Waals surface area (Å²) in [6.45, 7) is 1.65. The van der Waals surface area contributed by atoms with Gasteiger partial charge in [0.1, 0.15) is 11.4 Å². The van der Waals surface area contributed by atoms with E-state index in [1.54, 1.807) is 25.1 Å². The van der Waals surface area contributed by atoms with Gasteiger partial charge in [-0.3, -0.25) is 0 Å². The van der Waals surface area contributed by atoms with E-state index in [2.05, 4.69) is 4.99 Å². The number of aliphatic hydroxyl groups is 1. The number of carbonyl (C=O) groups excluding carboxylic acids is 1. The lowest BCUT2D eigenvalue weighted by Crippen LogP contribution is -1.92. The van der Waals surface area contributed by atoms with Crippen molar-refractivity contribution in [2.75, 3.05) is 7.11 Å². The summed E-state index contributed by atoms with van der Waals surface area (Å²) in [5.41, 5.74) is 1.12. The first-order valence-electron chi connectivity index (χ1n) is 4.13. The van der Waals surface area contributed by atoms with E-state index in [4.69, 9.17) is 4.74 Å². The zero-order valence-corrected chi connectivity index (χ0v) is 8.02. The Balaban J connectivity index is 3.17. The molecule has 0 radical (unpaired) electrons. The van der Waals surface area contributed by atoms with Gasteiger partial charge >= 0.3 is 0 Å². The number of aliphatic imine (C=N–C) groups is 1. The van der Waals surface area contributed by atoms with Crippen molar-refractivity contribution in [3.63, 3.8) is 0 Å². The lowest BCUT2D eigenvalue weighted by molar-refractivity contribution is 0.199. The van der Waals surface area contributed by atoms with Crippen molar-refractivity contribution < 1.29 is 14.6 Å². The number of hydrogen-bond donors (Lipinski definition) is 1. The van der Waals surface area contributed by atoms with Crippen molar-refractivity contribution in [3.05, 3.63) is 23.8 Å². The second-order valence-electron chi connectivity index (χ2n) is 2.81. The van der Waals surface area contributed by atoms with Gasteiger partial charge in [0.15, 0.2) is 0 Å². The quantitative estimate of drug-likeness (QED) is 0.587. The number of methoxy groups -OCH3 is 1. The van der Waals surface area contributed by atoms with Gasteiger partial charge in [-0.2, -0.15) is 4.99 Å². The van der Waals surface area contributed by atoms with Crippen LogP contribution in [0.1, 0.15) is 18.6 Å². The Labute approximate surface area is 81.9 Å². The maximum absolute atomic E-state index is 10.1. The fourth-order valence-electron chi connectivity index (χ4n) is 1.10. The largest absolute Gasteiger partial charge is 0.494 e. The van der Waals surface area contributed by atoms with Crippen LogP contribution in [-0.4, -0.2) is 18.3 Å². The van der Waals surface area contributed by atoms with Crippen LogP contribution in [0.3, 0.4) is 0 Å². The van der Waals surface area contributed by atoms with Crippen LogP contribution in [0.2, 0.25) is 0 Å². The number of aliphatic hydroxyl groups excluding tert-OH is 1. The molecule has 4 heteroatoms. The maximum Gasteiger partial charge on any atom is 0.240 e. The molecule has 0 saturated heterocycles. The Morgan fingerprint density at radius 3 is 2.79 bits per heavy atom. The molecule has 1 rings (SSSR count). The van der Waals surface area contributed by atoms with E-state index in [0.29, 0.717) is 17.0 Å². The second-order valence-corrected chi connectivity index (χ2v) is 2.81. The number of rotatable bonds is 3. The van der Waals surface area contributed by atoms with E-state index in [9.17, 15) is 9.90 Å². The number of nitrogens with zero attached hydrogens (tertiary/aromatic N) is 1. The third kappa shape index (κ3) is 2.19. The monoisotopic (exact) mass is 193 g/mol. The minimum atomic E-state index is -0.571. The first-order valence-corrected chi connectivity index (χ1v) is 4.13. The molecule has 0 aliphatic rings. The van der Waals surface area contributed by atoms with E-state index in [-0.39, 0.29) is 0 Å². The lowest BCUT2D eigenvalue weighted by Gasteiger charge is -2.08. The summed E-state index contributed by atoms with van der Waals surface area (Å²) in [6, 6.07) is 4.93. The molecule has 4 nitrogen and oxygen atoms in total. The van der Waals surface area contributed by atoms with Crippen LogP contribution in [-0.2, 0) is 4.79 Å². The van der Waals surface area contributed by atoms with Crippen molar-refractivity contribution in [2.45, 2.75) is 13.0 Å². The van der Waals surface area contributed by atoms with Crippen LogP contribution in [0.4, 0.5) is 5.69 Å². The maximum atomic E-state index is 10.1. The van der Waals surface area contributed by atoms with E-state index in [0.717, 1.165) is 0 Å². The van der Waals surface area contributed by atoms with Crippen LogP contribution in [0.15, 0.2) is 23.2 Å². The Morgan fingerprint density at radius 2 is 2.29 bits per heavy atom. The molecule has 1 atom stereocenters. The average molecular weight is 193 g/mol. The minimum absolute atomic E-state index is 0.409. The van der Waals surface area contributed by atoms with Crippen molar-refractivity contribution >= 4 is 11.8 Å². The highest BCUT2D eigenvalue weighted by atomic mass is 16.5. The van der Waals surface area contributed by atoms with Crippen molar-refractivity contribution in [1.82, 2.24) is 0 Å². The molecular weight excluding hydrogens is 182 g/mol. The SMILES string of the molecule is COc1cc(C(C)O)ccc1N=C=O.